The number of carbonyl (C=O) groups is 1. The van der Waals surface area contributed by atoms with Gasteiger partial charge in [0.2, 0.25) is 5.16 Å². The van der Waals surface area contributed by atoms with Crippen LogP contribution in [-0.2, 0) is 6.54 Å². The standard InChI is InChI=1S/C19H15FN4OS/c1-2-24-15-6-4-3-5-14(15)17-18(24)21-19(23-22-17)26-11-16(25)12-7-9-13(20)10-8-12/h3-10H,2,11H2,1H3. The average Bonchev–Trinajstić information content (AvgIpc) is 2.99. The molecule has 0 fully saturated rings. The quantitative estimate of drug-likeness (QED) is 0.393. The van der Waals surface area contributed by atoms with Crippen LogP contribution in [0.2, 0.25) is 0 Å². The molecule has 130 valence electrons. The number of fused-ring (bicyclic) bond motifs is 3. The predicted octanol–water partition coefficient (Wildman–Crippen LogP) is 4.11. The number of halogens is 1. The van der Waals surface area contributed by atoms with Gasteiger partial charge in [-0.25, -0.2) is 9.37 Å². The van der Waals surface area contributed by atoms with Gasteiger partial charge < -0.3 is 4.57 Å². The highest BCUT2D eigenvalue weighted by Gasteiger charge is 2.15. The molecule has 0 saturated carbocycles. The fraction of sp³-hybridized carbons (Fsp3) is 0.158. The van der Waals surface area contributed by atoms with Gasteiger partial charge in [-0.15, -0.1) is 10.2 Å². The summed E-state index contributed by atoms with van der Waals surface area (Å²) in [7, 11) is 0. The van der Waals surface area contributed by atoms with Crippen molar-refractivity contribution in [2.24, 2.45) is 0 Å². The zero-order chi connectivity index (χ0) is 18.1. The Morgan fingerprint density at radius 1 is 1.12 bits per heavy atom. The van der Waals surface area contributed by atoms with Gasteiger partial charge in [-0.05, 0) is 37.3 Å². The van der Waals surface area contributed by atoms with Crippen LogP contribution < -0.4 is 0 Å². The monoisotopic (exact) mass is 366 g/mol. The minimum Gasteiger partial charge on any atom is -0.324 e. The molecule has 5 nitrogen and oxygen atoms in total. The first kappa shape index (κ1) is 16.7. The molecule has 7 heteroatoms. The van der Waals surface area contributed by atoms with Gasteiger partial charge in [0.1, 0.15) is 11.3 Å². The van der Waals surface area contributed by atoms with Gasteiger partial charge >= 0.3 is 0 Å². The third-order valence-electron chi connectivity index (χ3n) is 4.17. The number of benzene rings is 2. The highest BCUT2D eigenvalue weighted by molar-refractivity contribution is 7.99. The number of Topliss-reactive ketones (excluding diaryl/α,β-unsaturated/α-hetero) is 1. The van der Waals surface area contributed by atoms with E-state index in [2.05, 4.69) is 26.7 Å². The van der Waals surface area contributed by atoms with Crippen molar-refractivity contribution in [3.63, 3.8) is 0 Å². The number of aromatic nitrogens is 4. The Morgan fingerprint density at radius 3 is 2.65 bits per heavy atom. The predicted molar refractivity (Wildman–Crippen MR) is 100.0 cm³/mol. The molecule has 0 spiro atoms. The summed E-state index contributed by atoms with van der Waals surface area (Å²) in [4.78, 5) is 16.8. The van der Waals surface area contributed by atoms with Crippen LogP contribution in [0.5, 0.6) is 0 Å². The molecular weight excluding hydrogens is 351 g/mol. The van der Waals surface area contributed by atoms with Gasteiger partial charge in [-0.2, -0.15) is 0 Å². The number of hydrogen-bond acceptors (Lipinski definition) is 5. The Hall–Kier alpha value is -2.80. The van der Waals surface area contributed by atoms with Crippen LogP contribution in [-0.4, -0.2) is 31.3 Å². The van der Waals surface area contributed by atoms with Crippen LogP contribution in [0.3, 0.4) is 0 Å². The smallest absolute Gasteiger partial charge is 0.211 e. The topological polar surface area (TPSA) is 60.7 Å². The molecule has 0 N–H and O–H groups in total. The first-order valence-corrected chi connectivity index (χ1v) is 9.19. The molecule has 0 unspecified atom stereocenters. The summed E-state index contributed by atoms with van der Waals surface area (Å²) < 4.78 is 15.0. The van der Waals surface area contributed by atoms with Crippen molar-refractivity contribution in [3.8, 4) is 0 Å². The van der Waals surface area contributed by atoms with Crippen LogP contribution in [0.25, 0.3) is 22.1 Å². The summed E-state index contributed by atoms with van der Waals surface area (Å²) in [5.74, 6) is -0.292. The maximum atomic E-state index is 13.0. The Balaban J connectivity index is 1.62. The molecule has 0 aliphatic heterocycles. The number of ketones is 1. The summed E-state index contributed by atoms with van der Waals surface area (Å²) in [6, 6.07) is 13.5. The second kappa shape index (κ2) is 6.84. The Morgan fingerprint density at radius 2 is 1.88 bits per heavy atom. The molecule has 4 rings (SSSR count). The van der Waals surface area contributed by atoms with Crippen LogP contribution >= 0.6 is 11.8 Å². The van der Waals surface area contributed by atoms with E-state index in [0.717, 1.165) is 28.6 Å². The molecule has 0 aliphatic carbocycles. The van der Waals surface area contributed by atoms with E-state index in [1.165, 1.54) is 36.0 Å². The lowest BCUT2D eigenvalue weighted by molar-refractivity contribution is 0.102. The lowest BCUT2D eigenvalue weighted by Gasteiger charge is -2.03. The number of rotatable bonds is 5. The van der Waals surface area contributed by atoms with E-state index in [1.54, 1.807) is 0 Å². The Labute approximate surface area is 153 Å². The minimum atomic E-state index is -0.361. The van der Waals surface area contributed by atoms with E-state index in [4.69, 9.17) is 0 Å². The molecule has 2 aromatic carbocycles. The molecule has 4 aromatic rings. The number of nitrogens with zero attached hydrogens (tertiary/aromatic N) is 4. The minimum absolute atomic E-state index is 0.102. The summed E-state index contributed by atoms with van der Waals surface area (Å²) in [5, 5.41) is 9.95. The van der Waals surface area contributed by atoms with Gasteiger partial charge in [0.15, 0.2) is 11.4 Å². The second-order valence-corrected chi connectivity index (χ2v) is 6.69. The van der Waals surface area contributed by atoms with Crippen molar-refractivity contribution in [2.75, 3.05) is 5.75 Å². The largest absolute Gasteiger partial charge is 0.324 e. The number of para-hydroxylation sites is 1. The van der Waals surface area contributed by atoms with Crippen LogP contribution in [0.1, 0.15) is 17.3 Å². The van der Waals surface area contributed by atoms with Gasteiger partial charge in [-0.1, -0.05) is 30.0 Å². The summed E-state index contributed by atoms with van der Waals surface area (Å²) in [5.41, 5.74) is 3.06. The molecule has 2 aromatic heterocycles. The highest BCUT2D eigenvalue weighted by atomic mass is 32.2. The molecule has 0 bridgehead atoms. The molecular formula is C19H15FN4OS. The van der Waals surface area contributed by atoms with E-state index in [1.807, 2.05) is 24.3 Å². The maximum Gasteiger partial charge on any atom is 0.211 e. The third-order valence-corrected chi connectivity index (χ3v) is 5.01. The number of hydrogen-bond donors (Lipinski definition) is 0. The molecule has 0 aliphatic rings. The highest BCUT2D eigenvalue weighted by Crippen LogP contribution is 2.27. The number of carbonyl (C=O) groups excluding carboxylic acids is 1. The molecule has 2 heterocycles. The normalized spacial score (nSPS) is 11.3. The van der Waals surface area contributed by atoms with Crippen molar-refractivity contribution >= 4 is 39.6 Å². The summed E-state index contributed by atoms with van der Waals surface area (Å²) in [6.07, 6.45) is 0. The first-order valence-electron chi connectivity index (χ1n) is 8.20. The number of aryl methyl sites for hydroxylation is 1. The zero-order valence-corrected chi connectivity index (χ0v) is 14.8. The molecule has 26 heavy (non-hydrogen) atoms. The van der Waals surface area contributed by atoms with E-state index in [0.29, 0.717) is 10.7 Å². The molecule has 0 saturated heterocycles. The van der Waals surface area contributed by atoms with Crippen molar-refractivity contribution < 1.29 is 9.18 Å². The second-order valence-electron chi connectivity index (χ2n) is 5.75. The van der Waals surface area contributed by atoms with Gasteiger partial charge in [0.05, 0.1) is 11.3 Å². The average molecular weight is 366 g/mol. The summed E-state index contributed by atoms with van der Waals surface area (Å²) in [6.45, 7) is 2.82. The lowest BCUT2D eigenvalue weighted by Crippen LogP contribution is -2.04. The zero-order valence-electron chi connectivity index (χ0n) is 14.0. The van der Waals surface area contributed by atoms with Gasteiger partial charge in [0, 0.05) is 17.5 Å². The van der Waals surface area contributed by atoms with E-state index < -0.39 is 0 Å². The Bertz CT molecular complexity index is 1110. The summed E-state index contributed by atoms with van der Waals surface area (Å²) >= 11 is 1.23. The van der Waals surface area contributed by atoms with Gasteiger partial charge in [0.25, 0.3) is 0 Å². The maximum absolute atomic E-state index is 13.0. The fourth-order valence-electron chi connectivity index (χ4n) is 2.92. The van der Waals surface area contributed by atoms with Gasteiger partial charge in [-0.3, -0.25) is 4.79 Å². The number of thioether (sulfide) groups is 1. The van der Waals surface area contributed by atoms with Crippen molar-refractivity contribution in [1.29, 1.82) is 0 Å². The first-order chi connectivity index (χ1) is 12.7. The SMILES string of the molecule is CCn1c2ccccc2c2nnc(SCC(=O)c3ccc(F)cc3)nc21. The molecule has 0 radical (unpaired) electrons. The van der Waals surface area contributed by atoms with E-state index >= 15 is 0 Å². The van der Waals surface area contributed by atoms with E-state index in [9.17, 15) is 9.18 Å². The molecule has 0 atom stereocenters. The van der Waals surface area contributed by atoms with Crippen LogP contribution in [0.4, 0.5) is 4.39 Å². The lowest BCUT2D eigenvalue weighted by atomic mass is 10.1. The van der Waals surface area contributed by atoms with Crippen LogP contribution in [0.15, 0.2) is 53.7 Å². The third kappa shape index (κ3) is 2.94. The van der Waals surface area contributed by atoms with Crippen molar-refractivity contribution in [3.05, 3.63) is 59.9 Å². The fourth-order valence-corrected chi connectivity index (χ4v) is 3.60. The molecule has 0 amide bonds. The van der Waals surface area contributed by atoms with Crippen LogP contribution in [0, 0.1) is 5.82 Å². The van der Waals surface area contributed by atoms with Crippen molar-refractivity contribution in [2.45, 2.75) is 18.6 Å². The van der Waals surface area contributed by atoms with E-state index in [-0.39, 0.29) is 17.4 Å². The Kier molecular flexibility index (Phi) is 4.38. The van der Waals surface area contributed by atoms with Crippen molar-refractivity contribution in [1.82, 2.24) is 19.7 Å².